The number of piperazine rings is 1. The summed E-state index contributed by atoms with van der Waals surface area (Å²) < 4.78 is 1.03. The Morgan fingerprint density at radius 3 is 2.50 bits per heavy atom. The summed E-state index contributed by atoms with van der Waals surface area (Å²) >= 11 is 3.39. The van der Waals surface area contributed by atoms with Crippen LogP contribution in [0.3, 0.4) is 0 Å². The highest BCUT2D eigenvalue weighted by atomic mass is 79.9. The Morgan fingerprint density at radius 1 is 1.44 bits per heavy atom. The molecule has 1 rings (SSSR count). The van der Waals surface area contributed by atoms with Crippen LogP contribution in [-0.2, 0) is 0 Å². The first kappa shape index (κ1) is 13.7. The molecule has 0 saturated carbocycles. The summed E-state index contributed by atoms with van der Waals surface area (Å²) in [6.45, 7) is 11.0. The minimum atomic E-state index is 0.110. The van der Waals surface area contributed by atoms with Crippen LogP contribution in [0.5, 0.6) is 0 Å². The molecule has 0 spiro atoms. The minimum absolute atomic E-state index is 0.110. The van der Waals surface area contributed by atoms with E-state index in [2.05, 4.69) is 45.3 Å². The number of hydrogen-bond acceptors (Lipinski definition) is 3. The monoisotopic (exact) mass is 285 g/mol. The second-order valence-electron chi connectivity index (χ2n) is 4.26. The Bertz CT molecular complexity index is 264. The van der Waals surface area contributed by atoms with E-state index in [9.17, 15) is 0 Å². The van der Waals surface area contributed by atoms with E-state index >= 15 is 0 Å². The Labute approximate surface area is 107 Å². The lowest BCUT2D eigenvalue weighted by molar-refractivity contribution is 0.118. The maximum Gasteiger partial charge on any atom is 0.0978 e. The molecule has 16 heavy (non-hydrogen) atoms. The maximum atomic E-state index is 9.09. The van der Waals surface area contributed by atoms with Crippen molar-refractivity contribution in [2.24, 2.45) is 0 Å². The first-order valence-electron chi connectivity index (χ1n) is 5.86. The smallest absolute Gasteiger partial charge is 0.0978 e. The van der Waals surface area contributed by atoms with Gasteiger partial charge in [-0.25, -0.2) is 0 Å². The molecule has 90 valence electrons. The molecule has 1 heterocycles. The molecule has 1 saturated heterocycles. The lowest BCUT2D eigenvalue weighted by atomic mass is 10.1. The van der Waals surface area contributed by atoms with Gasteiger partial charge in [-0.1, -0.05) is 35.9 Å². The van der Waals surface area contributed by atoms with Gasteiger partial charge in [0, 0.05) is 37.2 Å². The van der Waals surface area contributed by atoms with Crippen LogP contribution in [0.15, 0.2) is 11.1 Å². The fourth-order valence-electron chi connectivity index (χ4n) is 2.08. The van der Waals surface area contributed by atoms with Crippen molar-refractivity contribution in [3.8, 4) is 6.07 Å². The van der Waals surface area contributed by atoms with E-state index < -0.39 is 0 Å². The largest absolute Gasteiger partial charge is 0.296 e. The van der Waals surface area contributed by atoms with E-state index in [1.54, 1.807) is 0 Å². The standard InChI is InChI=1S/C12H20BrN3/c1-3-4-12(9-14)16-7-5-15(6-8-16)10-11(2)13/h12H,2-8,10H2,1H3. The van der Waals surface area contributed by atoms with Gasteiger partial charge in [0.25, 0.3) is 0 Å². The van der Waals surface area contributed by atoms with Crippen molar-refractivity contribution in [2.75, 3.05) is 32.7 Å². The van der Waals surface area contributed by atoms with Gasteiger partial charge in [0.1, 0.15) is 0 Å². The van der Waals surface area contributed by atoms with Crippen molar-refractivity contribution in [1.82, 2.24) is 9.80 Å². The number of hydrogen-bond donors (Lipinski definition) is 0. The highest BCUT2D eigenvalue weighted by Gasteiger charge is 2.22. The zero-order valence-electron chi connectivity index (χ0n) is 9.95. The Kier molecular flexibility index (Phi) is 6.04. The van der Waals surface area contributed by atoms with Crippen LogP contribution >= 0.6 is 15.9 Å². The summed E-state index contributed by atoms with van der Waals surface area (Å²) in [7, 11) is 0. The van der Waals surface area contributed by atoms with Gasteiger partial charge in [-0.05, 0) is 6.42 Å². The first-order chi connectivity index (χ1) is 7.67. The fraction of sp³-hybridized carbons (Fsp3) is 0.750. The minimum Gasteiger partial charge on any atom is -0.296 e. The molecular weight excluding hydrogens is 266 g/mol. The normalized spacial score (nSPS) is 20.3. The zero-order chi connectivity index (χ0) is 12.0. The van der Waals surface area contributed by atoms with E-state index in [-0.39, 0.29) is 6.04 Å². The van der Waals surface area contributed by atoms with Crippen molar-refractivity contribution >= 4 is 15.9 Å². The Morgan fingerprint density at radius 2 is 2.06 bits per heavy atom. The third-order valence-corrected chi connectivity index (χ3v) is 3.20. The molecule has 1 aliphatic heterocycles. The van der Waals surface area contributed by atoms with Crippen LogP contribution in [0.4, 0.5) is 0 Å². The first-order valence-corrected chi connectivity index (χ1v) is 6.66. The Hall–Kier alpha value is -0.370. The molecule has 0 radical (unpaired) electrons. The summed E-state index contributed by atoms with van der Waals surface area (Å²) in [5.74, 6) is 0. The van der Waals surface area contributed by atoms with Crippen molar-refractivity contribution in [2.45, 2.75) is 25.8 Å². The van der Waals surface area contributed by atoms with Gasteiger partial charge >= 0.3 is 0 Å². The molecule has 1 aliphatic rings. The topological polar surface area (TPSA) is 30.3 Å². The SMILES string of the molecule is C=C(Br)CN1CCN(C(C#N)CCC)CC1. The van der Waals surface area contributed by atoms with Crippen LogP contribution in [-0.4, -0.2) is 48.6 Å². The van der Waals surface area contributed by atoms with Crippen molar-refractivity contribution in [1.29, 1.82) is 5.26 Å². The summed E-state index contributed by atoms with van der Waals surface area (Å²) in [6.07, 6.45) is 2.07. The summed E-state index contributed by atoms with van der Waals surface area (Å²) in [5, 5.41) is 9.09. The quantitative estimate of drug-likeness (QED) is 0.776. The van der Waals surface area contributed by atoms with E-state index in [4.69, 9.17) is 5.26 Å². The van der Waals surface area contributed by atoms with Crippen LogP contribution in [0.2, 0.25) is 0 Å². The van der Waals surface area contributed by atoms with Gasteiger partial charge < -0.3 is 0 Å². The molecule has 0 bridgehead atoms. The molecule has 1 atom stereocenters. The van der Waals surface area contributed by atoms with Gasteiger partial charge in [0.15, 0.2) is 0 Å². The van der Waals surface area contributed by atoms with Crippen LogP contribution in [0.25, 0.3) is 0 Å². The summed E-state index contributed by atoms with van der Waals surface area (Å²) in [5.41, 5.74) is 0. The average molecular weight is 286 g/mol. The summed E-state index contributed by atoms with van der Waals surface area (Å²) in [4.78, 5) is 4.67. The second-order valence-corrected chi connectivity index (χ2v) is 5.38. The fourth-order valence-corrected chi connectivity index (χ4v) is 2.43. The number of nitrogens with zero attached hydrogens (tertiary/aromatic N) is 3. The zero-order valence-corrected chi connectivity index (χ0v) is 11.5. The van der Waals surface area contributed by atoms with Gasteiger partial charge in [-0.2, -0.15) is 5.26 Å². The third kappa shape index (κ3) is 4.25. The van der Waals surface area contributed by atoms with E-state index in [1.165, 1.54) is 0 Å². The van der Waals surface area contributed by atoms with Crippen molar-refractivity contribution in [3.05, 3.63) is 11.1 Å². The lowest BCUT2D eigenvalue weighted by Crippen LogP contribution is -2.50. The summed E-state index contributed by atoms with van der Waals surface area (Å²) in [6, 6.07) is 2.52. The average Bonchev–Trinajstić information content (AvgIpc) is 2.26. The molecule has 1 unspecified atom stereocenters. The predicted octanol–water partition coefficient (Wildman–Crippen LogP) is 2.20. The molecule has 0 aromatic rings. The molecule has 0 amide bonds. The van der Waals surface area contributed by atoms with Crippen LogP contribution in [0, 0.1) is 11.3 Å². The van der Waals surface area contributed by atoms with Gasteiger partial charge in [-0.3, -0.25) is 9.80 Å². The van der Waals surface area contributed by atoms with Crippen molar-refractivity contribution in [3.63, 3.8) is 0 Å². The number of nitriles is 1. The predicted molar refractivity (Wildman–Crippen MR) is 70.4 cm³/mol. The highest BCUT2D eigenvalue weighted by Crippen LogP contribution is 2.12. The molecule has 0 aliphatic carbocycles. The van der Waals surface area contributed by atoms with Gasteiger partial charge in [0.05, 0.1) is 12.1 Å². The van der Waals surface area contributed by atoms with Crippen LogP contribution < -0.4 is 0 Å². The number of rotatable bonds is 5. The van der Waals surface area contributed by atoms with Crippen molar-refractivity contribution < 1.29 is 0 Å². The van der Waals surface area contributed by atoms with Crippen LogP contribution in [0.1, 0.15) is 19.8 Å². The molecule has 0 N–H and O–H groups in total. The molecule has 0 aromatic carbocycles. The molecule has 4 heteroatoms. The maximum absolute atomic E-state index is 9.09. The molecular formula is C12H20BrN3. The molecule has 0 aromatic heterocycles. The van der Waals surface area contributed by atoms with E-state index in [1.807, 2.05) is 0 Å². The van der Waals surface area contributed by atoms with Gasteiger partial charge in [-0.15, -0.1) is 0 Å². The van der Waals surface area contributed by atoms with E-state index in [0.717, 1.165) is 50.0 Å². The van der Waals surface area contributed by atoms with E-state index in [0.29, 0.717) is 0 Å². The van der Waals surface area contributed by atoms with Gasteiger partial charge in [0.2, 0.25) is 0 Å². The lowest BCUT2D eigenvalue weighted by Gasteiger charge is -2.36. The third-order valence-electron chi connectivity index (χ3n) is 2.95. The highest BCUT2D eigenvalue weighted by molar-refractivity contribution is 9.11. The molecule has 3 nitrogen and oxygen atoms in total. The molecule has 1 fully saturated rings. The second kappa shape index (κ2) is 7.05. The number of halogens is 1. The Balaban J connectivity index is 2.36.